The number of hydrogen-bond acceptors (Lipinski definition) is 3. The van der Waals surface area contributed by atoms with Crippen molar-refractivity contribution in [2.24, 2.45) is 0 Å². The number of nitrogens with one attached hydrogen (secondary N) is 2. The molecule has 0 saturated carbocycles. The molecule has 0 aliphatic rings. The van der Waals surface area contributed by atoms with E-state index in [1.807, 2.05) is 31.2 Å². The van der Waals surface area contributed by atoms with Crippen LogP contribution in [0.25, 0.3) is 0 Å². The van der Waals surface area contributed by atoms with Gasteiger partial charge in [0.1, 0.15) is 5.75 Å². The van der Waals surface area contributed by atoms with Crippen molar-refractivity contribution in [2.75, 3.05) is 12.4 Å². The molecule has 0 bridgehead atoms. The van der Waals surface area contributed by atoms with Gasteiger partial charge in [-0.3, -0.25) is 9.59 Å². The number of ether oxygens (including phenoxy) is 1. The predicted molar refractivity (Wildman–Crippen MR) is 94.0 cm³/mol. The number of carbonyl (C=O) groups is 2. The third kappa shape index (κ3) is 5.12. The highest BCUT2D eigenvalue weighted by molar-refractivity contribution is 5.88. The number of methoxy groups -OCH3 is 1. The number of anilines is 1. The van der Waals surface area contributed by atoms with Crippen LogP contribution in [0.5, 0.6) is 5.75 Å². The zero-order valence-electron chi connectivity index (χ0n) is 14.2. The maximum atomic E-state index is 12.1. The highest BCUT2D eigenvalue weighted by Crippen LogP contribution is 2.22. The van der Waals surface area contributed by atoms with Crippen molar-refractivity contribution in [3.63, 3.8) is 0 Å². The molecule has 2 N–H and O–H groups in total. The highest BCUT2D eigenvalue weighted by Gasteiger charge is 2.08. The molecule has 24 heavy (non-hydrogen) atoms. The Labute approximate surface area is 142 Å². The third-order valence-corrected chi connectivity index (χ3v) is 3.52. The Hall–Kier alpha value is -2.82. The van der Waals surface area contributed by atoms with Gasteiger partial charge in [0, 0.05) is 24.7 Å². The largest absolute Gasteiger partial charge is 0.496 e. The number of carbonyl (C=O) groups excluding carboxylic acids is 2. The van der Waals surface area contributed by atoms with E-state index in [1.54, 1.807) is 25.3 Å². The zero-order valence-corrected chi connectivity index (χ0v) is 14.2. The van der Waals surface area contributed by atoms with Crippen LogP contribution in [0, 0.1) is 6.92 Å². The van der Waals surface area contributed by atoms with Crippen LogP contribution in [-0.4, -0.2) is 18.9 Å². The molecule has 126 valence electrons. The van der Waals surface area contributed by atoms with Crippen LogP contribution in [0.2, 0.25) is 0 Å². The summed E-state index contributed by atoms with van der Waals surface area (Å²) in [7, 11) is 1.57. The van der Waals surface area contributed by atoms with Crippen LogP contribution in [0.4, 0.5) is 5.69 Å². The molecule has 2 aromatic carbocycles. The average Bonchev–Trinajstić information content (AvgIpc) is 2.52. The van der Waals surface area contributed by atoms with Crippen LogP contribution in [0.15, 0.2) is 42.5 Å². The normalized spacial score (nSPS) is 10.1. The minimum absolute atomic E-state index is 0.0624. The lowest BCUT2D eigenvalue weighted by Gasteiger charge is -2.12. The van der Waals surface area contributed by atoms with E-state index >= 15 is 0 Å². The number of amides is 2. The van der Waals surface area contributed by atoms with Gasteiger partial charge in [0.05, 0.1) is 13.5 Å². The van der Waals surface area contributed by atoms with E-state index in [9.17, 15) is 9.59 Å². The quantitative estimate of drug-likeness (QED) is 0.858. The smallest absolute Gasteiger partial charge is 0.224 e. The Morgan fingerprint density at radius 2 is 1.92 bits per heavy atom. The first-order chi connectivity index (χ1) is 11.5. The van der Waals surface area contributed by atoms with Gasteiger partial charge in [0.2, 0.25) is 11.8 Å². The molecule has 2 rings (SSSR count). The molecular weight excluding hydrogens is 304 g/mol. The fourth-order valence-corrected chi connectivity index (χ4v) is 2.46. The van der Waals surface area contributed by atoms with E-state index < -0.39 is 0 Å². The maximum Gasteiger partial charge on any atom is 0.224 e. The SMILES string of the molecule is COc1ccc(NC(C)=O)cc1CNC(=O)Cc1cccc(C)c1. The molecule has 0 radical (unpaired) electrons. The molecule has 0 heterocycles. The number of hydrogen-bond donors (Lipinski definition) is 2. The molecule has 0 atom stereocenters. The lowest BCUT2D eigenvalue weighted by Crippen LogP contribution is -2.25. The summed E-state index contributed by atoms with van der Waals surface area (Å²) in [6, 6.07) is 13.2. The van der Waals surface area contributed by atoms with Crippen LogP contribution in [0.1, 0.15) is 23.6 Å². The van der Waals surface area contributed by atoms with E-state index in [2.05, 4.69) is 10.6 Å². The summed E-state index contributed by atoms with van der Waals surface area (Å²) in [5.41, 5.74) is 3.59. The first kappa shape index (κ1) is 17.5. The van der Waals surface area contributed by atoms with Crippen molar-refractivity contribution in [3.05, 3.63) is 59.2 Å². The van der Waals surface area contributed by atoms with Crippen molar-refractivity contribution >= 4 is 17.5 Å². The summed E-state index contributed by atoms with van der Waals surface area (Å²) in [6.45, 7) is 3.79. The van der Waals surface area contributed by atoms with Crippen LogP contribution in [0.3, 0.4) is 0 Å². The van der Waals surface area contributed by atoms with Crippen LogP contribution >= 0.6 is 0 Å². The fraction of sp³-hybridized carbons (Fsp3) is 0.263. The second kappa shape index (κ2) is 8.15. The first-order valence-corrected chi connectivity index (χ1v) is 7.74. The highest BCUT2D eigenvalue weighted by atomic mass is 16.5. The molecule has 2 aromatic rings. The summed E-state index contributed by atoms with van der Waals surface area (Å²) < 4.78 is 5.31. The van der Waals surface area contributed by atoms with Gasteiger partial charge in [-0.1, -0.05) is 29.8 Å². The van der Waals surface area contributed by atoms with Gasteiger partial charge in [-0.15, -0.1) is 0 Å². The van der Waals surface area contributed by atoms with Gasteiger partial charge in [-0.2, -0.15) is 0 Å². The third-order valence-electron chi connectivity index (χ3n) is 3.52. The van der Waals surface area contributed by atoms with Gasteiger partial charge in [0.15, 0.2) is 0 Å². The summed E-state index contributed by atoms with van der Waals surface area (Å²) in [4.78, 5) is 23.3. The topological polar surface area (TPSA) is 67.4 Å². The van der Waals surface area contributed by atoms with Crippen molar-refractivity contribution in [1.29, 1.82) is 0 Å². The van der Waals surface area contributed by atoms with Crippen LogP contribution < -0.4 is 15.4 Å². The summed E-state index contributed by atoms with van der Waals surface area (Å²) in [5, 5.41) is 5.61. The fourth-order valence-electron chi connectivity index (χ4n) is 2.46. The van der Waals surface area contributed by atoms with Crippen molar-refractivity contribution < 1.29 is 14.3 Å². The van der Waals surface area contributed by atoms with E-state index in [0.29, 0.717) is 24.4 Å². The minimum atomic E-state index is -0.144. The molecule has 0 saturated heterocycles. The van der Waals surface area contributed by atoms with Gasteiger partial charge < -0.3 is 15.4 Å². The molecular formula is C19H22N2O3. The second-order valence-electron chi connectivity index (χ2n) is 5.65. The van der Waals surface area contributed by atoms with E-state index in [0.717, 1.165) is 16.7 Å². The summed E-state index contributed by atoms with van der Waals surface area (Å²) >= 11 is 0. The number of benzene rings is 2. The van der Waals surface area contributed by atoms with Crippen molar-refractivity contribution in [3.8, 4) is 5.75 Å². The lowest BCUT2D eigenvalue weighted by atomic mass is 10.1. The molecule has 5 nitrogen and oxygen atoms in total. The maximum absolute atomic E-state index is 12.1. The van der Waals surface area contributed by atoms with E-state index in [1.165, 1.54) is 6.92 Å². The first-order valence-electron chi connectivity index (χ1n) is 7.74. The molecule has 5 heteroatoms. The van der Waals surface area contributed by atoms with E-state index in [-0.39, 0.29) is 11.8 Å². The molecule has 2 amide bonds. The zero-order chi connectivity index (χ0) is 17.5. The Bertz CT molecular complexity index is 741. The summed E-state index contributed by atoms with van der Waals surface area (Å²) in [5.74, 6) is 0.460. The molecule has 0 spiro atoms. The van der Waals surface area contributed by atoms with Crippen molar-refractivity contribution in [1.82, 2.24) is 5.32 Å². The van der Waals surface area contributed by atoms with E-state index in [4.69, 9.17) is 4.74 Å². The molecule has 0 aromatic heterocycles. The van der Waals surface area contributed by atoms with Gasteiger partial charge in [-0.25, -0.2) is 0 Å². The van der Waals surface area contributed by atoms with Gasteiger partial charge in [-0.05, 0) is 30.7 Å². The Morgan fingerprint density at radius 3 is 2.58 bits per heavy atom. The molecule has 0 unspecified atom stereocenters. The minimum Gasteiger partial charge on any atom is -0.496 e. The Morgan fingerprint density at radius 1 is 1.12 bits per heavy atom. The standard InChI is InChI=1S/C19H22N2O3/c1-13-5-4-6-15(9-13)10-19(23)20-12-16-11-17(21-14(2)22)7-8-18(16)24-3/h4-9,11H,10,12H2,1-3H3,(H,20,23)(H,21,22). The lowest BCUT2D eigenvalue weighted by molar-refractivity contribution is -0.120. The van der Waals surface area contributed by atoms with Crippen LogP contribution in [-0.2, 0) is 22.6 Å². The molecule has 0 aliphatic carbocycles. The number of aryl methyl sites for hydroxylation is 1. The van der Waals surface area contributed by atoms with Gasteiger partial charge in [0.25, 0.3) is 0 Å². The van der Waals surface area contributed by atoms with Crippen molar-refractivity contribution in [2.45, 2.75) is 26.8 Å². The predicted octanol–water partition coefficient (Wildman–Crippen LogP) is 2.82. The average molecular weight is 326 g/mol. The second-order valence-corrected chi connectivity index (χ2v) is 5.65. The molecule has 0 fully saturated rings. The summed E-state index contributed by atoms with van der Waals surface area (Å²) in [6.07, 6.45) is 0.329. The Balaban J connectivity index is 2.01. The van der Waals surface area contributed by atoms with Gasteiger partial charge >= 0.3 is 0 Å². The monoisotopic (exact) mass is 326 g/mol. The number of rotatable bonds is 6. The molecule has 0 aliphatic heterocycles. The Kier molecular flexibility index (Phi) is 5.95.